The Morgan fingerprint density at radius 2 is 2.10 bits per heavy atom. The molecule has 1 aromatic heterocycles. The van der Waals surface area contributed by atoms with Crippen molar-refractivity contribution in [2.45, 2.75) is 19.4 Å². The number of nitrogens with one attached hydrogen (secondary N) is 1. The monoisotopic (exact) mass is 289 g/mol. The van der Waals surface area contributed by atoms with Gasteiger partial charge in [0.15, 0.2) is 0 Å². The van der Waals surface area contributed by atoms with Crippen LogP contribution in [0.5, 0.6) is 0 Å². The van der Waals surface area contributed by atoms with Crippen molar-refractivity contribution in [2.75, 3.05) is 0 Å². The van der Waals surface area contributed by atoms with Gasteiger partial charge in [0.2, 0.25) is 5.91 Å². The molecule has 20 heavy (non-hydrogen) atoms. The molecule has 0 fully saturated rings. The molecule has 1 heterocycles. The zero-order valence-electron chi connectivity index (χ0n) is 11.2. The van der Waals surface area contributed by atoms with Crippen molar-refractivity contribution in [3.8, 4) is 0 Å². The Kier molecular flexibility index (Phi) is 5.07. The number of benzene rings is 1. The lowest BCUT2D eigenvalue weighted by atomic mass is 10.2. The van der Waals surface area contributed by atoms with Crippen molar-refractivity contribution >= 4 is 23.3 Å². The molecule has 1 atom stereocenters. The van der Waals surface area contributed by atoms with E-state index in [0.29, 0.717) is 0 Å². The lowest BCUT2D eigenvalue weighted by Gasteiger charge is -2.10. The van der Waals surface area contributed by atoms with Crippen LogP contribution >= 0.6 is 11.3 Å². The molecule has 0 aliphatic carbocycles. The zero-order valence-corrected chi connectivity index (χ0v) is 12.0. The van der Waals surface area contributed by atoms with Gasteiger partial charge in [0.1, 0.15) is 5.82 Å². The SMILES string of the molecule is CC(Cc1cccs1)NC(=O)/C=C/c1ccc(F)cc1. The highest BCUT2D eigenvalue weighted by Gasteiger charge is 2.06. The molecular formula is C16H16FNOS. The van der Waals surface area contributed by atoms with Crippen LogP contribution in [0.2, 0.25) is 0 Å². The third-order valence-electron chi connectivity index (χ3n) is 2.77. The maximum Gasteiger partial charge on any atom is 0.244 e. The first-order valence-electron chi connectivity index (χ1n) is 6.40. The quantitative estimate of drug-likeness (QED) is 0.836. The highest BCUT2D eigenvalue weighted by molar-refractivity contribution is 7.09. The molecule has 4 heteroatoms. The van der Waals surface area contributed by atoms with Crippen LogP contribution in [-0.2, 0) is 11.2 Å². The lowest BCUT2D eigenvalue weighted by Crippen LogP contribution is -2.32. The fraction of sp³-hybridized carbons (Fsp3) is 0.188. The van der Waals surface area contributed by atoms with Crippen molar-refractivity contribution in [3.63, 3.8) is 0 Å². The summed E-state index contributed by atoms with van der Waals surface area (Å²) >= 11 is 1.69. The van der Waals surface area contributed by atoms with Crippen LogP contribution < -0.4 is 5.32 Å². The largest absolute Gasteiger partial charge is 0.350 e. The summed E-state index contributed by atoms with van der Waals surface area (Å²) in [7, 11) is 0. The minimum absolute atomic E-state index is 0.0824. The number of hydrogen-bond donors (Lipinski definition) is 1. The highest BCUT2D eigenvalue weighted by Crippen LogP contribution is 2.11. The van der Waals surface area contributed by atoms with Crippen LogP contribution in [0.25, 0.3) is 6.08 Å². The molecule has 2 aromatic rings. The third-order valence-corrected chi connectivity index (χ3v) is 3.67. The maximum absolute atomic E-state index is 12.7. The first kappa shape index (κ1) is 14.5. The number of hydrogen-bond acceptors (Lipinski definition) is 2. The second-order valence-electron chi connectivity index (χ2n) is 4.58. The van der Waals surface area contributed by atoms with Gasteiger partial charge in [-0.1, -0.05) is 18.2 Å². The van der Waals surface area contributed by atoms with Gasteiger partial charge >= 0.3 is 0 Å². The molecule has 0 aliphatic heterocycles. The summed E-state index contributed by atoms with van der Waals surface area (Å²) < 4.78 is 12.7. The number of carbonyl (C=O) groups is 1. The number of carbonyl (C=O) groups excluding carboxylic acids is 1. The Balaban J connectivity index is 1.84. The number of amides is 1. The summed E-state index contributed by atoms with van der Waals surface area (Å²) in [6.45, 7) is 1.98. The van der Waals surface area contributed by atoms with Gasteiger partial charge in [0.25, 0.3) is 0 Å². The van der Waals surface area contributed by atoms with Crippen molar-refractivity contribution in [2.24, 2.45) is 0 Å². The van der Waals surface area contributed by atoms with Crippen LogP contribution in [0.1, 0.15) is 17.4 Å². The number of halogens is 1. The van der Waals surface area contributed by atoms with Gasteiger partial charge in [-0.15, -0.1) is 11.3 Å². The topological polar surface area (TPSA) is 29.1 Å². The van der Waals surface area contributed by atoms with Gasteiger partial charge in [0.05, 0.1) is 0 Å². The summed E-state index contributed by atoms with van der Waals surface area (Å²) in [5.74, 6) is -0.422. The molecule has 1 N–H and O–H groups in total. The molecule has 0 radical (unpaired) electrons. The lowest BCUT2D eigenvalue weighted by molar-refractivity contribution is -0.117. The van der Waals surface area contributed by atoms with Gasteiger partial charge in [-0.25, -0.2) is 4.39 Å². The van der Waals surface area contributed by atoms with Gasteiger partial charge in [-0.05, 0) is 42.1 Å². The zero-order chi connectivity index (χ0) is 14.4. The second-order valence-corrected chi connectivity index (χ2v) is 5.61. The van der Waals surface area contributed by atoms with E-state index in [-0.39, 0.29) is 17.8 Å². The average Bonchev–Trinajstić information content (AvgIpc) is 2.90. The Bertz CT molecular complexity index is 575. The number of thiophene rings is 1. The smallest absolute Gasteiger partial charge is 0.244 e. The number of rotatable bonds is 5. The summed E-state index contributed by atoms with van der Waals surface area (Å²) in [6, 6.07) is 10.2. The van der Waals surface area contributed by atoms with E-state index in [1.165, 1.54) is 23.1 Å². The minimum atomic E-state index is -0.281. The average molecular weight is 289 g/mol. The van der Waals surface area contributed by atoms with E-state index < -0.39 is 0 Å². The van der Waals surface area contributed by atoms with Crippen molar-refractivity contribution < 1.29 is 9.18 Å². The second kappa shape index (κ2) is 7.01. The molecule has 2 nitrogen and oxygen atoms in total. The normalized spacial score (nSPS) is 12.5. The third kappa shape index (κ3) is 4.63. The molecular weight excluding hydrogens is 273 g/mol. The Morgan fingerprint density at radius 3 is 2.75 bits per heavy atom. The molecule has 0 aliphatic rings. The van der Waals surface area contributed by atoms with E-state index in [4.69, 9.17) is 0 Å². The minimum Gasteiger partial charge on any atom is -0.350 e. The summed E-state index contributed by atoms with van der Waals surface area (Å²) in [5.41, 5.74) is 0.799. The summed E-state index contributed by atoms with van der Waals surface area (Å²) in [5, 5.41) is 4.93. The molecule has 0 spiro atoms. The Labute approximate surface area is 122 Å². The van der Waals surface area contributed by atoms with Crippen LogP contribution in [0.4, 0.5) is 4.39 Å². The van der Waals surface area contributed by atoms with Crippen LogP contribution in [0.3, 0.4) is 0 Å². The molecule has 0 bridgehead atoms. The molecule has 1 amide bonds. The van der Waals surface area contributed by atoms with Crippen LogP contribution in [-0.4, -0.2) is 11.9 Å². The van der Waals surface area contributed by atoms with E-state index in [2.05, 4.69) is 11.4 Å². The Morgan fingerprint density at radius 1 is 1.35 bits per heavy atom. The van der Waals surface area contributed by atoms with E-state index in [0.717, 1.165) is 12.0 Å². The van der Waals surface area contributed by atoms with Gasteiger partial charge in [-0.3, -0.25) is 4.79 Å². The molecule has 0 saturated heterocycles. The first-order chi connectivity index (χ1) is 9.63. The predicted octanol–water partition coefficient (Wildman–Crippen LogP) is 3.65. The molecule has 104 valence electrons. The summed E-state index contributed by atoms with van der Waals surface area (Å²) in [6.07, 6.45) is 3.97. The van der Waals surface area contributed by atoms with E-state index in [1.54, 1.807) is 29.5 Å². The summed E-state index contributed by atoms with van der Waals surface area (Å²) in [4.78, 5) is 13.0. The highest BCUT2D eigenvalue weighted by atomic mass is 32.1. The molecule has 2 rings (SSSR count). The van der Waals surface area contributed by atoms with Crippen molar-refractivity contribution in [3.05, 3.63) is 64.1 Å². The fourth-order valence-corrected chi connectivity index (χ4v) is 2.65. The fourth-order valence-electron chi connectivity index (χ4n) is 1.82. The van der Waals surface area contributed by atoms with Crippen molar-refractivity contribution in [1.29, 1.82) is 0 Å². The van der Waals surface area contributed by atoms with Crippen LogP contribution in [0.15, 0.2) is 47.9 Å². The maximum atomic E-state index is 12.7. The molecule has 1 aromatic carbocycles. The molecule has 0 saturated carbocycles. The van der Waals surface area contributed by atoms with Gasteiger partial charge < -0.3 is 5.32 Å². The standard InChI is InChI=1S/C16H16FNOS/c1-12(11-15-3-2-10-20-15)18-16(19)9-6-13-4-7-14(17)8-5-13/h2-10,12H,11H2,1H3,(H,18,19)/b9-6+. The molecule has 1 unspecified atom stereocenters. The van der Waals surface area contributed by atoms with Gasteiger partial charge in [0, 0.05) is 23.4 Å². The van der Waals surface area contributed by atoms with Gasteiger partial charge in [-0.2, -0.15) is 0 Å². The van der Waals surface area contributed by atoms with E-state index >= 15 is 0 Å². The van der Waals surface area contributed by atoms with E-state index in [9.17, 15) is 9.18 Å². The predicted molar refractivity (Wildman–Crippen MR) is 81.1 cm³/mol. The van der Waals surface area contributed by atoms with Crippen LogP contribution in [0, 0.1) is 5.82 Å². The Hall–Kier alpha value is -1.94. The first-order valence-corrected chi connectivity index (χ1v) is 7.28. The van der Waals surface area contributed by atoms with E-state index in [1.807, 2.05) is 18.4 Å². The van der Waals surface area contributed by atoms with Crippen molar-refractivity contribution in [1.82, 2.24) is 5.32 Å².